The molecule has 5 heteroatoms. The molecule has 1 atom stereocenters. The van der Waals surface area contributed by atoms with Crippen molar-refractivity contribution in [3.63, 3.8) is 0 Å². The number of benzene rings is 1. The number of carbonyl (C=O) groups excluding carboxylic acids is 1. The van der Waals surface area contributed by atoms with Crippen LogP contribution in [0.25, 0.3) is 5.57 Å². The molecule has 0 saturated carbocycles. The fraction of sp³-hybridized carbons (Fsp3) is 0.471. The molecular formula is C17H24ClN3O. The number of nitrogens with one attached hydrogen (secondary N) is 1. The Balaban J connectivity index is 2.26. The Kier molecular flexibility index (Phi) is 5.48. The Morgan fingerprint density at radius 2 is 2.14 bits per heavy atom. The summed E-state index contributed by atoms with van der Waals surface area (Å²) in [6.07, 6.45) is 2.41. The Hall–Kier alpha value is -1.52. The highest BCUT2D eigenvalue weighted by Crippen LogP contribution is 2.30. The van der Waals surface area contributed by atoms with Gasteiger partial charge in [-0.25, -0.2) is 0 Å². The van der Waals surface area contributed by atoms with E-state index in [4.69, 9.17) is 11.6 Å². The molecule has 1 aliphatic heterocycles. The lowest BCUT2D eigenvalue weighted by atomic mass is 10.0. The van der Waals surface area contributed by atoms with Crippen molar-refractivity contribution < 1.29 is 4.79 Å². The number of hydrogen-bond acceptors (Lipinski definition) is 3. The van der Waals surface area contributed by atoms with Gasteiger partial charge in [0.2, 0.25) is 0 Å². The fourth-order valence-corrected chi connectivity index (χ4v) is 2.98. The van der Waals surface area contributed by atoms with Gasteiger partial charge in [-0.1, -0.05) is 18.2 Å². The molecule has 2 rings (SSSR count). The van der Waals surface area contributed by atoms with Crippen LogP contribution in [0.15, 0.2) is 24.8 Å². The zero-order chi connectivity index (χ0) is 16.3. The van der Waals surface area contributed by atoms with E-state index in [1.165, 1.54) is 17.7 Å². The van der Waals surface area contributed by atoms with Crippen LogP contribution >= 0.6 is 11.6 Å². The predicted octanol–water partition coefficient (Wildman–Crippen LogP) is 2.63. The van der Waals surface area contributed by atoms with E-state index in [0.717, 1.165) is 24.3 Å². The van der Waals surface area contributed by atoms with Crippen molar-refractivity contribution in [1.82, 2.24) is 10.2 Å². The molecule has 1 fully saturated rings. The zero-order valence-corrected chi connectivity index (χ0v) is 14.3. The first-order chi connectivity index (χ1) is 10.4. The van der Waals surface area contributed by atoms with E-state index in [1.807, 2.05) is 25.2 Å². The number of carbonyl (C=O) groups is 1. The van der Waals surface area contributed by atoms with Gasteiger partial charge in [0.05, 0.1) is 0 Å². The number of likely N-dealkylation sites (N-methyl/N-ethyl adjacent to an activating group) is 2. The molecule has 1 amide bonds. The molecule has 0 radical (unpaired) electrons. The maximum absolute atomic E-state index is 12.2. The first kappa shape index (κ1) is 16.8. The smallest absolute Gasteiger partial charge is 0.253 e. The number of rotatable bonds is 5. The van der Waals surface area contributed by atoms with Gasteiger partial charge in [-0.05, 0) is 37.6 Å². The molecule has 0 bridgehead atoms. The van der Waals surface area contributed by atoms with Crippen molar-refractivity contribution in [1.29, 1.82) is 0 Å². The third kappa shape index (κ3) is 3.81. The summed E-state index contributed by atoms with van der Waals surface area (Å²) in [6.45, 7) is 5.95. The summed E-state index contributed by atoms with van der Waals surface area (Å²) in [5, 5.41) is 4.10. The highest BCUT2D eigenvalue weighted by atomic mass is 35.5. The Labute approximate surface area is 137 Å². The van der Waals surface area contributed by atoms with Gasteiger partial charge in [-0.15, -0.1) is 0 Å². The molecule has 0 aliphatic carbocycles. The second-order valence-electron chi connectivity index (χ2n) is 6.01. The van der Waals surface area contributed by atoms with E-state index < -0.39 is 0 Å². The van der Waals surface area contributed by atoms with Crippen LogP contribution in [-0.4, -0.2) is 51.1 Å². The number of amides is 1. The predicted molar refractivity (Wildman–Crippen MR) is 93.5 cm³/mol. The molecule has 1 N–H and O–H groups in total. The largest absolute Gasteiger partial charge is 0.373 e. The topological polar surface area (TPSA) is 35.6 Å². The lowest BCUT2D eigenvalue weighted by Gasteiger charge is -2.26. The molecular weight excluding hydrogens is 298 g/mol. The Morgan fingerprint density at radius 1 is 1.41 bits per heavy atom. The van der Waals surface area contributed by atoms with Crippen LogP contribution < -0.4 is 10.2 Å². The quantitative estimate of drug-likeness (QED) is 0.847. The maximum Gasteiger partial charge on any atom is 0.253 e. The van der Waals surface area contributed by atoms with Gasteiger partial charge in [0.15, 0.2) is 0 Å². The van der Waals surface area contributed by atoms with Gasteiger partial charge >= 0.3 is 0 Å². The SMILES string of the molecule is C=C(C(=O)N(C)C)c1cc(Cl)ccc1N(C)C[C@@H]1CCCN1. The van der Waals surface area contributed by atoms with Gasteiger partial charge in [-0.2, -0.15) is 0 Å². The molecule has 0 aromatic heterocycles. The number of nitrogens with zero attached hydrogens (tertiary/aromatic N) is 2. The molecule has 1 aromatic rings. The van der Waals surface area contributed by atoms with E-state index in [-0.39, 0.29) is 5.91 Å². The number of hydrogen-bond donors (Lipinski definition) is 1. The van der Waals surface area contributed by atoms with Crippen LogP contribution in [-0.2, 0) is 4.79 Å². The number of halogens is 1. The van der Waals surface area contributed by atoms with Crippen molar-refractivity contribution in [2.45, 2.75) is 18.9 Å². The lowest BCUT2D eigenvalue weighted by molar-refractivity contribution is -0.122. The first-order valence-electron chi connectivity index (χ1n) is 7.55. The Bertz CT molecular complexity index is 565. The van der Waals surface area contributed by atoms with E-state index in [0.29, 0.717) is 16.6 Å². The van der Waals surface area contributed by atoms with Crippen molar-refractivity contribution in [2.75, 3.05) is 39.1 Å². The van der Waals surface area contributed by atoms with E-state index >= 15 is 0 Å². The van der Waals surface area contributed by atoms with Gasteiger partial charge in [-0.3, -0.25) is 4.79 Å². The van der Waals surface area contributed by atoms with Crippen molar-refractivity contribution >= 4 is 28.8 Å². The molecule has 22 heavy (non-hydrogen) atoms. The van der Waals surface area contributed by atoms with Gasteiger partial charge in [0.25, 0.3) is 5.91 Å². The molecule has 0 spiro atoms. The van der Waals surface area contributed by atoms with Gasteiger partial charge in [0.1, 0.15) is 0 Å². The summed E-state index contributed by atoms with van der Waals surface area (Å²) < 4.78 is 0. The average molecular weight is 322 g/mol. The molecule has 4 nitrogen and oxygen atoms in total. The van der Waals surface area contributed by atoms with Crippen LogP contribution in [0.4, 0.5) is 5.69 Å². The standard InChI is InChI=1S/C17H24ClN3O/c1-12(17(22)20(2)3)15-10-13(18)7-8-16(15)21(4)11-14-6-5-9-19-14/h7-8,10,14,19H,1,5-6,9,11H2,2-4H3/t14-/m0/s1. The summed E-state index contributed by atoms with van der Waals surface area (Å²) >= 11 is 6.12. The molecule has 1 saturated heterocycles. The minimum Gasteiger partial charge on any atom is -0.373 e. The lowest BCUT2D eigenvalue weighted by Crippen LogP contribution is -2.35. The zero-order valence-electron chi connectivity index (χ0n) is 13.5. The highest BCUT2D eigenvalue weighted by molar-refractivity contribution is 6.31. The van der Waals surface area contributed by atoms with Crippen molar-refractivity contribution in [3.8, 4) is 0 Å². The van der Waals surface area contributed by atoms with Gasteiger partial charge < -0.3 is 15.1 Å². The van der Waals surface area contributed by atoms with Crippen LogP contribution in [0.3, 0.4) is 0 Å². The van der Waals surface area contributed by atoms with Crippen LogP contribution in [0.1, 0.15) is 18.4 Å². The normalized spacial score (nSPS) is 17.4. The van der Waals surface area contributed by atoms with Crippen LogP contribution in [0.5, 0.6) is 0 Å². The third-order valence-electron chi connectivity index (χ3n) is 4.02. The first-order valence-corrected chi connectivity index (χ1v) is 7.93. The maximum atomic E-state index is 12.2. The monoisotopic (exact) mass is 321 g/mol. The van der Waals surface area contributed by atoms with E-state index in [9.17, 15) is 4.79 Å². The average Bonchev–Trinajstić information content (AvgIpc) is 2.98. The van der Waals surface area contributed by atoms with E-state index in [2.05, 4.69) is 16.8 Å². The molecule has 1 aliphatic rings. The minimum absolute atomic E-state index is 0.101. The minimum atomic E-state index is -0.101. The van der Waals surface area contributed by atoms with E-state index in [1.54, 1.807) is 14.1 Å². The van der Waals surface area contributed by atoms with Crippen molar-refractivity contribution in [3.05, 3.63) is 35.4 Å². The summed E-state index contributed by atoms with van der Waals surface area (Å²) in [4.78, 5) is 15.9. The van der Waals surface area contributed by atoms with Crippen LogP contribution in [0.2, 0.25) is 5.02 Å². The highest BCUT2D eigenvalue weighted by Gasteiger charge is 2.21. The summed E-state index contributed by atoms with van der Waals surface area (Å²) in [5.74, 6) is -0.101. The molecule has 0 unspecified atom stereocenters. The summed E-state index contributed by atoms with van der Waals surface area (Å²) in [5.41, 5.74) is 2.25. The molecule has 1 heterocycles. The molecule has 1 aromatic carbocycles. The second kappa shape index (κ2) is 7.16. The van der Waals surface area contributed by atoms with Crippen molar-refractivity contribution in [2.24, 2.45) is 0 Å². The van der Waals surface area contributed by atoms with Gasteiger partial charge in [0, 0.05) is 55.6 Å². The second-order valence-corrected chi connectivity index (χ2v) is 6.45. The third-order valence-corrected chi connectivity index (χ3v) is 4.25. The summed E-state index contributed by atoms with van der Waals surface area (Å²) in [6, 6.07) is 6.12. The Morgan fingerprint density at radius 3 is 2.73 bits per heavy atom. The molecule has 120 valence electrons. The summed E-state index contributed by atoms with van der Waals surface area (Å²) in [7, 11) is 5.49. The van der Waals surface area contributed by atoms with Crippen LogP contribution in [0, 0.1) is 0 Å². The number of anilines is 1. The fourth-order valence-electron chi connectivity index (χ4n) is 2.81.